The number of nitrogens with one attached hydrogen (secondary N) is 2. The van der Waals surface area contributed by atoms with Crippen LogP contribution in [0.2, 0.25) is 0 Å². The summed E-state index contributed by atoms with van der Waals surface area (Å²) in [5, 5.41) is 5.41. The molecule has 0 saturated heterocycles. The summed E-state index contributed by atoms with van der Waals surface area (Å²) in [6, 6.07) is 3.68. The van der Waals surface area contributed by atoms with E-state index >= 15 is 0 Å². The summed E-state index contributed by atoms with van der Waals surface area (Å²) in [6.07, 6.45) is 1.22. The minimum atomic E-state index is -0.659. The smallest absolute Gasteiger partial charge is 0.413 e. The molecule has 0 aliphatic carbocycles. The molecule has 1 atom stereocenters. The Morgan fingerprint density at radius 3 is 2.96 bits per heavy atom. The Balaban J connectivity index is 2.05. The minimum absolute atomic E-state index is 0.164. The molecule has 25 heavy (non-hydrogen) atoms. The van der Waals surface area contributed by atoms with Crippen molar-refractivity contribution in [2.45, 2.75) is 37.5 Å². The number of hydrogen-bond donors (Lipinski definition) is 2. The Kier molecular flexibility index (Phi) is 5.17. The highest BCUT2D eigenvalue weighted by atomic mass is 32.2. The Morgan fingerprint density at radius 1 is 1.44 bits per heavy atom. The van der Waals surface area contributed by atoms with Gasteiger partial charge < -0.3 is 10.1 Å². The number of anilines is 1. The maximum absolute atomic E-state index is 12.7. The van der Waals surface area contributed by atoms with E-state index in [0.717, 1.165) is 18.6 Å². The van der Waals surface area contributed by atoms with Gasteiger partial charge in [-0.15, -0.1) is 11.8 Å². The van der Waals surface area contributed by atoms with Gasteiger partial charge in [-0.05, 0) is 30.0 Å². The van der Waals surface area contributed by atoms with Crippen molar-refractivity contribution in [3.8, 4) is 0 Å². The van der Waals surface area contributed by atoms with Gasteiger partial charge in [0.15, 0.2) is 0 Å². The molecule has 0 spiro atoms. The van der Waals surface area contributed by atoms with Gasteiger partial charge in [-0.2, -0.15) is 0 Å². The lowest BCUT2D eigenvalue weighted by Crippen LogP contribution is -2.31. The zero-order valence-electron chi connectivity index (χ0n) is 14.6. The van der Waals surface area contributed by atoms with E-state index in [1.54, 1.807) is 11.8 Å². The summed E-state index contributed by atoms with van der Waals surface area (Å²) in [4.78, 5) is 29.9. The summed E-state index contributed by atoms with van der Waals surface area (Å²) >= 11 is 1.79. The maximum atomic E-state index is 12.7. The van der Waals surface area contributed by atoms with E-state index in [2.05, 4.69) is 34.2 Å². The van der Waals surface area contributed by atoms with Crippen molar-refractivity contribution in [2.24, 2.45) is 0 Å². The van der Waals surface area contributed by atoms with Crippen LogP contribution in [0.15, 0.2) is 17.0 Å². The Labute approximate surface area is 150 Å². The molecule has 134 valence electrons. The van der Waals surface area contributed by atoms with E-state index in [0.29, 0.717) is 23.5 Å². The SMILES string of the molecule is CCCCNC(=O)n1c(NC(=O)OC)nc2cc3c(cc21)C(C)CS3. The lowest BCUT2D eigenvalue weighted by atomic mass is 10.0. The number of amides is 2. The monoisotopic (exact) mass is 362 g/mol. The van der Waals surface area contributed by atoms with Crippen LogP contribution in [0.4, 0.5) is 15.5 Å². The van der Waals surface area contributed by atoms with Gasteiger partial charge in [-0.3, -0.25) is 5.32 Å². The van der Waals surface area contributed by atoms with Crippen molar-refractivity contribution in [1.82, 2.24) is 14.9 Å². The summed E-state index contributed by atoms with van der Waals surface area (Å²) in [5.74, 6) is 1.61. The van der Waals surface area contributed by atoms with Crippen molar-refractivity contribution in [2.75, 3.05) is 24.7 Å². The number of benzene rings is 1. The third-order valence-corrected chi connectivity index (χ3v) is 5.55. The molecule has 0 fully saturated rings. The van der Waals surface area contributed by atoms with Crippen LogP contribution in [-0.4, -0.2) is 41.1 Å². The number of hydrogen-bond acceptors (Lipinski definition) is 5. The fraction of sp³-hybridized carbons (Fsp3) is 0.471. The van der Waals surface area contributed by atoms with Crippen molar-refractivity contribution in [3.63, 3.8) is 0 Å². The standard InChI is InChI=1S/C17H22N4O3S/c1-4-5-6-18-16(22)21-13-7-11-10(2)9-25-14(11)8-12(13)19-15(21)20-17(23)24-3/h7-8,10H,4-6,9H2,1-3H3,(H,18,22)(H,19,20,23). The van der Waals surface area contributed by atoms with Gasteiger partial charge >= 0.3 is 12.1 Å². The molecule has 0 saturated carbocycles. The van der Waals surface area contributed by atoms with Gasteiger partial charge in [0.2, 0.25) is 5.95 Å². The summed E-state index contributed by atoms with van der Waals surface area (Å²) in [5.41, 5.74) is 2.58. The predicted octanol–water partition coefficient (Wildman–Crippen LogP) is 3.78. The lowest BCUT2D eigenvalue weighted by Gasteiger charge is -2.10. The number of ether oxygens (including phenoxy) is 1. The molecule has 2 aromatic rings. The number of rotatable bonds is 4. The Morgan fingerprint density at radius 2 is 2.24 bits per heavy atom. The maximum Gasteiger partial charge on any atom is 0.413 e. The first-order chi connectivity index (χ1) is 12.0. The summed E-state index contributed by atoms with van der Waals surface area (Å²) in [7, 11) is 1.27. The molecular formula is C17H22N4O3S. The van der Waals surface area contributed by atoms with Crippen molar-refractivity contribution < 1.29 is 14.3 Å². The van der Waals surface area contributed by atoms with Crippen LogP contribution < -0.4 is 10.6 Å². The lowest BCUT2D eigenvalue weighted by molar-refractivity contribution is 0.186. The van der Waals surface area contributed by atoms with Crippen LogP contribution in [0, 0.1) is 0 Å². The number of carbonyl (C=O) groups excluding carboxylic acids is 2. The van der Waals surface area contributed by atoms with Gasteiger partial charge in [0, 0.05) is 17.2 Å². The fourth-order valence-electron chi connectivity index (χ4n) is 2.82. The van der Waals surface area contributed by atoms with Gasteiger partial charge in [-0.25, -0.2) is 19.1 Å². The van der Waals surface area contributed by atoms with Crippen molar-refractivity contribution >= 4 is 40.9 Å². The number of thioether (sulfide) groups is 1. The number of imidazole rings is 1. The van der Waals surface area contributed by atoms with E-state index in [1.165, 1.54) is 22.1 Å². The number of nitrogens with zero attached hydrogens (tertiary/aromatic N) is 2. The topological polar surface area (TPSA) is 85.2 Å². The van der Waals surface area contributed by atoms with E-state index < -0.39 is 6.09 Å². The number of fused-ring (bicyclic) bond motifs is 2. The highest BCUT2D eigenvalue weighted by Gasteiger charge is 2.25. The average Bonchev–Trinajstić information content (AvgIpc) is 3.13. The highest BCUT2D eigenvalue weighted by molar-refractivity contribution is 7.99. The van der Waals surface area contributed by atoms with Crippen LogP contribution in [0.5, 0.6) is 0 Å². The molecule has 2 N–H and O–H groups in total. The van der Waals surface area contributed by atoms with E-state index in [4.69, 9.17) is 0 Å². The summed E-state index contributed by atoms with van der Waals surface area (Å²) < 4.78 is 6.06. The highest BCUT2D eigenvalue weighted by Crippen LogP contribution is 2.41. The van der Waals surface area contributed by atoms with Crippen LogP contribution in [0.1, 0.15) is 38.2 Å². The van der Waals surface area contributed by atoms with Crippen molar-refractivity contribution in [3.05, 3.63) is 17.7 Å². The molecule has 0 bridgehead atoms. The molecule has 1 aromatic heterocycles. The third-order valence-electron chi connectivity index (χ3n) is 4.21. The Bertz CT molecular complexity index is 818. The zero-order chi connectivity index (χ0) is 18.0. The second kappa shape index (κ2) is 7.35. The van der Waals surface area contributed by atoms with Gasteiger partial charge in [-0.1, -0.05) is 20.3 Å². The number of aromatic nitrogens is 2. The average molecular weight is 362 g/mol. The molecule has 3 rings (SSSR count). The molecule has 7 nitrogen and oxygen atoms in total. The number of methoxy groups -OCH3 is 1. The molecule has 2 amide bonds. The third kappa shape index (κ3) is 3.44. The number of carbonyl (C=O) groups is 2. The second-order valence-corrected chi connectivity index (χ2v) is 7.13. The van der Waals surface area contributed by atoms with Gasteiger partial charge in [0.25, 0.3) is 0 Å². The normalized spacial score (nSPS) is 15.9. The van der Waals surface area contributed by atoms with E-state index in [-0.39, 0.29) is 12.0 Å². The molecular weight excluding hydrogens is 340 g/mol. The Hall–Kier alpha value is -2.22. The molecule has 8 heteroatoms. The molecule has 0 radical (unpaired) electrons. The van der Waals surface area contributed by atoms with Crippen LogP contribution in [0.3, 0.4) is 0 Å². The largest absolute Gasteiger partial charge is 0.453 e. The molecule has 1 aliphatic rings. The minimum Gasteiger partial charge on any atom is -0.453 e. The first kappa shape index (κ1) is 17.6. The molecule has 1 unspecified atom stereocenters. The molecule has 1 aromatic carbocycles. The van der Waals surface area contributed by atoms with Crippen LogP contribution in [-0.2, 0) is 4.74 Å². The van der Waals surface area contributed by atoms with E-state index in [1.807, 2.05) is 12.1 Å². The molecule has 2 heterocycles. The quantitative estimate of drug-likeness (QED) is 0.809. The van der Waals surface area contributed by atoms with Crippen LogP contribution >= 0.6 is 11.8 Å². The number of unbranched alkanes of at least 4 members (excludes halogenated alkanes) is 1. The van der Waals surface area contributed by atoms with Crippen molar-refractivity contribution in [1.29, 1.82) is 0 Å². The van der Waals surface area contributed by atoms with E-state index in [9.17, 15) is 9.59 Å². The summed E-state index contributed by atoms with van der Waals surface area (Å²) in [6.45, 7) is 4.80. The predicted molar refractivity (Wildman–Crippen MR) is 98.6 cm³/mol. The fourth-order valence-corrected chi connectivity index (χ4v) is 4.05. The zero-order valence-corrected chi connectivity index (χ0v) is 15.4. The van der Waals surface area contributed by atoms with Gasteiger partial charge in [0.05, 0.1) is 18.1 Å². The first-order valence-electron chi connectivity index (χ1n) is 8.37. The molecule has 1 aliphatic heterocycles. The van der Waals surface area contributed by atoms with Gasteiger partial charge in [0.1, 0.15) is 0 Å². The van der Waals surface area contributed by atoms with Crippen LogP contribution in [0.25, 0.3) is 11.0 Å². The first-order valence-corrected chi connectivity index (χ1v) is 9.36. The second-order valence-electron chi connectivity index (χ2n) is 6.06.